The Hall–Kier alpha value is -2.09. The van der Waals surface area contributed by atoms with Crippen LogP contribution in [0, 0.1) is 3.57 Å². The predicted molar refractivity (Wildman–Crippen MR) is 97.0 cm³/mol. The van der Waals surface area contributed by atoms with E-state index in [-0.39, 0.29) is 25.5 Å². The van der Waals surface area contributed by atoms with Crippen molar-refractivity contribution in [1.82, 2.24) is 5.32 Å². The van der Waals surface area contributed by atoms with Crippen LogP contribution in [0.3, 0.4) is 0 Å². The molecule has 0 heterocycles. The summed E-state index contributed by atoms with van der Waals surface area (Å²) in [5.74, 6) is -0.158. The summed E-state index contributed by atoms with van der Waals surface area (Å²) in [5, 5.41) is 5.32. The second-order valence-electron chi connectivity index (χ2n) is 4.79. The smallest absolute Gasteiger partial charge is 0.407 e. The van der Waals surface area contributed by atoms with E-state index in [2.05, 4.69) is 33.2 Å². The molecule has 6 heteroatoms. The highest BCUT2D eigenvalue weighted by Gasteiger charge is 2.05. The number of halogens is 1. The molecule has 0 fully saturated rings. The van der Waals surface area contributed by atoms with Crippen LogP contribution in [0.2, 0.25) is 0 Å². The van der Waals surface area contributed by atoms with Crippen molar-refractivity contribution in [2.45, 2.75) is 13.0 Å². The molecule has 2 aromatic rings. The first kappa shape index (κ1) is 17.3. The summed E-state index contributed by atoms with van der Waals surface area (Å²) in [6.45, 7) is 0.436. The van der Waals surface area contributed by atoms with Crippen LogP contribution in [0.4, 0.5) is 10.5 Å². The summed E-state index contributed by atoms with van der Waals surface area (Å²) in [6.07, 6.45) is -0.345. The first-order valence-corrected chi connectivity index (χ1v) is 8.21. The molecule has 0 aliphatic heterocycles. The van der Waals surface area contributed by atoms with Crippen LogP contribution < -0.4 is 10.6 Å². The molecule has 0 bridgehead atoms. The number of amides is 2. The van der Waals surface area contributed by atoms with Crippen molar-refractivity contribution in [3.63, 3.8) is 0 Å². The standard InChI is InChI=1S/C17H17IN2O3/c18-14-6-8-15(9-7-14)20-16(21)10-11-19-17(22)23-12-13-4-2-1-3-5-13/h1-9H,10-12H2,(H,19,22)(H,20,21). The number of hydrogen-bond acceptors (Lipinski definition) is 3. The Kier molecular flexibility index (Phi) is 6.86. The van der Waals surface area contributed by atoms with Gasteiger partial charge in [-0.25, -0.2) is 4.79 Å². The minimum Gasteiger partial charge on any atom is -0.445 e. The lowest BCUT2D eigenvalue weighted by molar-refractivity contribution is -0.116. The molecule has 0 unspecified atom stereocenters. The van der Waals surface area contributed by atoms with Gasteiger partial charge >= 0.3 is 6.09 Å². The first-order valence-electron chi connectivity index (χ1n) is 7.13. The van der Waals surface area contributed by atoms with E-state index < -0.39 is 6.09 Å². The van der Waals surface area contributed by atoms with Gasteiger partial charge in [-0.1, -0.05) is 30.3 Å². The molecule has 2 rings (SSSR count). The molecule has 2 aromatic carbocycles. The molecule has 120 valence electrons. The number of ether oxygens (including phenoxy) is 1. The van der Waals surface area contributed by atoms with Crippen LogP contribution in [-0.2, 0) is 16.1 Å². The molecule has 0 atom stereocenters. The minimum absolute atomic E-state index is 0.158. The molecule has 2 N–H and O–H groups in total. The van der Waals surface area contributed by atoms with E-state index in [1.165, 1.54) is 0 Å². The van der Waals surface area contributed by atoms with Gasteiger partial charge in [0.2, 0.25) is 5.91 Å². The number of carbonyl (C=O) groups is 2. The van der Waals surface area contributed by atoms with Crippen molar-refractivity contribution in [3.05, 3.63) is 63.7 Å². The number of alkyl carbamates (subject to hydrolysis) is 1. The molecule has 2 amide bonds. The highest BCUT2D eigenvalue weighted by atomic mass is 127. The SMILES string of the molecule is O=C(CCNC(=O)OCc1ccccc1)Nc1ccc(I)cc1. The molecule has 0 saturated carbocycles. The fourth-order valence-electron chi connectivity index (χ4n) is 1.81. The second kappa shape index (κ2) is 9.14. The normalized spacial score (nSPS) is 9.96. The van der Waals surface area contributed by atoms with Gasteiger partial charge in [0.15, 0.2) is 0 Å². The summed E-state index contributed by atoms with van der Waals surface area (Å²) in [7, 11) is 0. The maximum absolute atomic E-state index is 11.8. The van der Waals surface area contributed by atoms with Gasteiger partial charge in [0.05, 0.1) is 0 Å². The number of hydrogen-bond donors (Lipinski definition) is 2. The van der Waals surface area contributed by atoms with Crippen LogP contribution in [-0.4, -0.2) is 18.5 Å². The van der Waals surface area contributed by atoms with E-state index in [0.29, 0.717) is 0 Å². The maximum Gasteiger partial charge on any atom is 0.407 e. The molecule has 0 saturated heterocycles. The Labute approximate surface area is 148 Å². The summed E-state index contributed by atoms with van der Waals surface area (Å²) in [5.41, 5.74) is 1.65. The first-order chi connectivity index (χ1) is 11.1. The van der Waals surface area contributed by atoms with Gasteiger partial charge in [-0.2, -0.15) is 0 Å². The molecular formula is C17H17IN2O3. The van der Waals surface area contributed by atoms with E-state index in [1.807, 2.05) is 54.6 Å². The largest absolute Gasteiger partial charge is 0.445 e. The highest BCUT2D eigenvalue weighted by Crippen LogP contribution is 2.11. The Morgan fingerprint density at radius 3 is 2.39 bits per heavy atom. The summed E-state index contributed by atoms with van der Waals surface area (Å²) >= 11 is 2.20. The third-order valence-electron chi connectivity index (χ3n) is 2.96. The number of carbonyl (C=O) groups excluding carboxylic acids is 2. The van der Waals surface area contributed by atoms with Crippen LogP contribution >= 0.6 is 22.6 Å². The number of nitrogens with one attached hydrogen (secondary N) is 2. The van der Waals surface area contributed by atoms with Crippen molar-refractivity contribution >= 4 is 40.3 Å². The molecule has 0 spiro atoms. The lowest BCUT2D eigenvalue weighted by Crippen LogP contribution is -2.28. The molecular weight excluding hydrogens is 407 g/mol. The van der Waals surface area contributed by atoms with Gasteiger partial charge < -0.3 is 15.4 Å². The topological polar surface area (TPSA) is 67.4 Å². The van der Waals surface area contributed by atoms with Gasteiger partial charge in [0.25, 0.3) is 0 Å². The van der Waals surface area contributed by atoms with E-state index in [0.717, 1.165) is 14.8 Å². The maximum atomic E-state index is 11.8. The van der Waals surface area contributed by atoms with Crippen LogP contribution in [0.1, 0.15) is 12.0 Å². The average molecular weight is 424 g/mol. The van der Waals surface area contributed by atoms with Crippen LogP contribution in [0.5, 0.6) is 0 Å². The Bertz CT molecular complexity index is 645. The fraction of sp³-hybridized carbons (Fsp3) is 0.176. The van der Waals surface area contributed by atoms with E-state index in [4.69, 9.17) is 4.74 Å². The molecule has 0 radical (unpaired) electrons. The molecule has 0 aliphatic carbocycles. The van der Waals surface area contributed by atoms with Crippen molar-refractivity contribution in [2.24, 2.45) is 0 Å². The third-order valence-corrected chi connectivity index (χ3v) is 3.68. The zero-order valence-electron chi connectivity index (χ0n) is 12.4. The lowest BCUT2D eigenvalue weighted by Gasteiger charge is -2.08. The monoisotopic (exact) mass is 424 g/mol. The van der Waals surface area contributed by atoms with Crippen molar-refractivity contribution < 1.29 is 14.3 Å². The van der Waals surface area contributed by atoms with E-state index in [1.54, 1.807) is 0 Å². The van der Waals surface area contributed by atoms with Gasteiger partial charge in [0, 0.05) is 22.2 Å². The molecule has 0 aliphatic rings. The van der Waals surface area contributed by atoms with Gasteiger partial charge in [-0.05, 0) is 52.4 Å². The van der Waals surface area contributed by atoms with Gasteiger partial charge in [-0.15, -0.1) is 0 Å². The molecule has 5 nitrogen and oxygen atoms in total. The zero-order chi connectivity index (χ0) is 16.5. The van der Waals surface area contributed by atoms with E-state index in [9.17, 15) is 9.59 Å². The van der Waals surface area contributed by atoms with E-state index >= 15 is 0 Å². The summed E-state index contributed by atoms with van der Waals surface area (Å²) in [4.78, 5) is 23.3. The number of rotatable bonds is 6. The van der Waals surface area contributed by atoms with Gasteiger partial charge in [-0.3, -0.25) is 4.79 Å². The predicted octanol–water partition coefficient (Wildman–Crippen LogP) is 3.55. The number of benzene rings is 2. The summed E-state index contributed by atoms with van der Waals surface area (Å²) < 4.78 is 6.16. The summed E-state index contributed by atoms with van der Waals surface area (Å²) in [6, 6.07) is 16.9. The minimum atomic E-state index is -0.532. The number of anilines is 1. The van der Waals surface area contributed by atoms with Crippen molar-refractivity contribution in [3.8, 4) is 0 Å². The van der Waals surface area contributed by atoms with Gasteiger partial charge in [0.1, 0.15) is 6.61 Å². The Morgan fingerprint density at radius 1 is 1.00 bits per heavy atom. The second-order valence-corrected chi connectivity index (χ2v) is 6.04. The Balaban J connectivity index is 1.63. The van der Waals surface area contributed by atoms with Crippen LogP contribution in [0.25, 0.3) is 0 Å². The van der Waals surface area contributed by atoms with Crippen LogP contribution in [0.15, 0.2) is 54.6 Å². The fourth-order valence-corrected chi connectivity index (χ4v) is 2.17. The van der Waals surface area contributed by atoms with Crippen molar-refractivity contribution in [1.29, 1.82) is 0 Å². The highest BCUT2D eigenvalue weighted by molar-refractivity contribution is 14.1. The quantitative estimate of drug-likeness (QED) is 0.698. The lowest BCUT2D eigenvalue weighted by atomic mass is 10.2. The third kappa shape index (κ3) is 6.68. The molecule has 0 aromatic heterocycles. The zero-order valence-corrected chi connectivity index (χ0v) is 14.6. The average Bonchev–Trinajstić information content (AvgIpc) is 2.56. The van der Waals surface area contributed by atoms with Crippen molar-refractivity contribution in [2.75, 3.05) is 11.9 Å². The molecule has 23 heavy (non-hydrogen) atoms. The Morgan fingerprint density at radius 2 is 1.70 bits per heavy atom.